The number of carbonyl (C=O) groups is 1. The number of hydrogen-bond acceptors (Lipinski definition) is 4. The highest BCUT2D eigenvalue weighted by Gasteiger charge is 2.17. The average Bonchev–Trinajstić information content (AvgIpc) is 2.88. The molecule has 0 saturated carbocycles. The van der Waals surface area contributed by atoms with Gasteiger partial charge in [0.05, 0.1) is 5.56 Å². The molecule has 0 bridgehead atoms. The van der Waals surface area contributed by atoms with Crippen LogP contribution in [-0.4, -0.2) is 29.3 Å². The van der Waals surface area contributed by atoms with Crippen molar-refractivity contribution in [3.8, 4) is 0 Å². The lowest BCUT2D eigenvalue weighted by atomic mass is 10.0. The Kier molecular flexibility index (Phi) is 4.93. The maximum absolute atomic E-state index is 11.1. The average molecular weight is 336 g/mol. The van der Waals surface area contributed by atoms with Crippen LogP contribution in [0.25, 0.3) is 0 Å². The van der Waals surface area contributed by atoms with Crippen molar-refractivity contribution in [2.45, 2.75) is 20.3 Å². The quantitative estimate of drug-likeness (QED) is 0.904. The van der Waals surface area contributed by atoms with Crippen LogP contribution in [0.5, 0.6) is 0 Å². The predicted molar refractivity (Wildman–Crippen MR) is 98.1 cm³/mol. The Bertz CT molecular complexity index is 842. The number of rotatable bonds is 4. The molecule has 0 radical (unpaired) electrons. The first kappa shape index (κ1) is 16.9. The highest BCUT2D eigenvalue weighted by molar-refractivity contribution is 6.06. The maximum Gasteiger partial charge on any atom is 0.335 e. The van der Waals surface area contributed by atoms with E-state index in [9.17, 15) is 4.79 Å². The van der Waals surface area contributed by atoms with Gasteiger partial charge >= 0.3 is 5.97 Å². The highest BCUT2D eigenvalue weighted by Crippen LogP contribution is 2.20. The molecule has 1 aromatic rings. The summed E-state index contributed by atoms with van der Waals surface area (Å²) < 4.78 is 5.72. The predicted octanol–water partition coefficient (Wildman–Crippen LogP) is 3.99. The molecule has 0 aromatic heterocycles. The van der Waals surface area contributed by atoms with Crippen LogP contribution in [0.1, 0.15) is 36.2 Å². The fraction of sp³-hybridized carbons (Fsp3) is 0.250. The Hall–Kier alpha value is -2.95. The van der Waals surface area contributed by atoms with Gasteiger partial charge in [-0.15, -0.1) is 10.2 Å². The van der Waals surface area contributed by atoms with E-state index in [0.717, 1.165) is 17.7 Å². The van der Waals surface area contributed by atoms with E-state index in [-0.39, 0.29) is 5.56 Å². The maximum atomic E-state index is 11.1. The molecule has 0 fully saturated rings. The first-order chi connectivity index (χ1) is 12.0. The van der Waals surface area contributed by atoms with Crippen LogP contribution in [0.4, 0.5) is 0 Å². The second-order valence-electron chi connectivity index (χ2n) is 6.25. The van der Waals surface area contributed by atoms with Gasteiger partial charge in [-0.25, -0.2) is 4.79 Å². The van der Waals surface area contributed by atoms with E-state index >= 15 is 0 Å². The SMILES string of the molecule is CC(C)C1=CC=C(C2=NN=C(c3cccc(C(=O)O)c3)OC2)CC=C1. The smallest absolute Gasteiger partial charge is 0.335 e. The third-order valence-corrected chi connectivity index (χ3v) is 4.13. The minimum atomic E-state index is -0.981. The molecule has 1 heterocycles. The summed E-state index contributed by atoms with van der Waals surface area (Å²) in [6, 6.07) is 6.50. The normalized spacial score (nSPS) is 17.1. The van der Waals surface area contributed by atoms with Crippen LogP contribution in [0.2, 0.25) is 0 Å². The van der Waals surface area contributed by atoms with E-state index in [2.05, 4.69) is 48.4 Å². The molecule has 0 spiro atoms. The Morgan fingerprint density at radius 1 is 1.24 bits per heavy atom. The van der Waals surface area contributed by atoms with Crippen molar-refractivity contribution in [1.29, 1.82) is 0 Å². The van der Waals surface area contributed by atoms with Crippen molar-refractivity contribution >= 4 is 17.6 Å². The molecular weight excluding hydrogens is 316 g/mol. The van der Waals surface area contributed by atoms with Crippen molar-refractivity contribution in [3.63, 3.8) is 0 Å². The molecule has 1 aliphatic carbocycles. The first-order valence-electron chi connectivity index (χ1n) is 8.23. The van der Waals surface area contributed by atoms with Crippen molar-refractivity contribution in [1.82, 2.24) is 0 Å². The largest absolute Gasteiger partial charge is 0.478 e. The molecule has 5 nitrogen and oxygen atoms in total. The number of carboxylic acid groups (broad SMARTS) is 1. The van der Waals surface area contributed by atoms with Gasteiger partial charge in [0.1, 0.15) is 12.3 Å². The molecule has 3 rings (SSSR count). The first-order valence-corrected chi connectivity index (χ1v) is 8.23. The van der Waals surface area contributed by atoms with E-state index in [4.69, 9.17) is 9.84 Å². The van der Waals surface area contributed by atoms with Gasteiger partial charge in [0.2, 0.25) is 5.90 Å². The summed E-state index contributed by atoms with van der Waals surface area (Å²) >= 11 is 0. The van der Waals surface area contributed by atoms with E-state index in [1.54, 1.807) is 12.1 Å². The van der Waals surface area contributed by atoms with Gasteiger partial charge in [-0.1, -0.05) is 44.2 Å². The number of hydrogen-bond donors (Lipinski definition) is 1. The highest BCUT2D eigenvalue weighted by atomic mass is 16.5. The lowest BCUT2D eigenvalue weighted by molar-refractivity contribution is 0.0697. The van der Waals surface area contributed by atoms with E-state index in [1.165, 1.54) is 17.7 Å². The lowest BCUT2D eigenvalue weighted by Gasteiger charge is -2.15. The number of ether oxygens (including phenoxy) is 1. The summed E-state index contributed by atoms with van der Waals surface area (Å²) in [4.78, 5) is 11.1. The molecule has 0 unspecified atom stereocenters. The molecule has 0 amide bonds. The molecule has 25 heavy (non-hydrogen) atoms. The fourth-order valence-electron chi connectivity index (χ4n) is 2.62. The summed E-state index contributed by atoms with van der Waals surface area (Å²) in [6.45, 7) is 4.65. The van der Waals surface area contributed by atoms with Gasteiger partial charge < -0.3 is 9.84 Å². The monoisotopic (exact) mass is 336 g/mol. The third-order valence-electron chi connectivity index (χ3n) is 4.13. The molecule has 0 saturated heterocycles. The summed E-state index contributed by atoms with van der Waals surface area (Å²) in [5.74, 6) is -0.164. The summed E-state index contributed by atoms with van der Waals surface area (Å²) in [7, 11) is 0. The Morgan fingerprint density at radius 2 is 2.08 bits per heavy atom. The second kappa shape index (κ2) is 7.30. The molecule has 5 heteroatoms. The molecule has 1 aromatic carbocycles. The summed E-state index contributed by atoms with van der Waals surface area (Å²) in [5.41, 5.74) is 3.96. The second-order valence-corrected chi connectivity index (χ2v) is 6.25. The van der Waals surface area contributed by atoms with Gasteiger partial charge in [-0.05, 0) is 41.7 Å². The summed E-state index contributed by atoms with van der Waals surface area (Å²) in [5, 5.41) is 17.5. The van der Waals surface area contributed by atoms with Crippen molar-refractivity contribution < 1.29 is 14.6 Å². The van der Waals surface area contributed by atoms with Gasteiger partial charge in [-0.2, -0.15) is 0 Å². The van der Waals surface area contributed by atoms with Crippen LogP contribution >= 0.6 is 0 Å². The van der Waals surface area contributed by atoms with Crippen molar-refractivity contribution in [3.05, 3.63) is 70.8 Å². The Labute approximate surface area is 146 Å². The number of nitrogens with zero attached hydrogens (tertiary/aromatic N) is 2. The van der Waals surface area contributed by atoms with Gasteiger partial charge in [-0.3, -0.25) is 0 Å². The standard InChI is InChI=1S/C20H20N2O3/c1-13(2)14-5-3-6-15(10-9-14)18-12-25-19(22-21-18)16-7-4-8-17(11-16)20(23)24/h3-5,7-11,13H,6,12H2,1-2H3,(H,23,24). The zero-order chi connectivity index (χ0) is 17.8. The van der Waals surface area contributed by atoms with Crippen LogP contribution in [0, 0.1) is 5.92 Å². The van der Waals surface area contributed by atoms with Gasteiger partial charge in [0.25, 0.3) is 0 Å². The number of benzene rings is 1. The zero-order valence-corrected chi connectivity index (χ0v) is 14.3. The van der Waals surface area contributed by atoms with Crippen LogP contribution < -0.4 is 0 Å². The Morgan fingerprint density at radius 3 is 2.76 bits per heavy atom. The van der Waals surface area contributed by atoms with Gasteiger partial charge in [0.15, 0.2) is 0 Å². The molecule has 1 N–H and O–H groups in total. The van der Waals surface area contributed by atoms with Crippen molar-refractivity contribution in [2.75, 3.05) is 6.61 Å². The minimum Gasteiger partial charge on any atom is -0.478 e. The molecule has 128 valence electrons. The topological polar surface area (TPSA) is 71.2 Å². The molecule has 1 aliphatic heterocycles. The summed E-state index contributed by atoms with van der Waals surface area (Å²) in [6.07, 6.45) is 9.24. The number of aromatic carboxylic acids is 1. The van der Waals surface area contributed by atoms with E-state index in [0.29, 0.717) is 24.0 Å². The number of carboxylic acids is 1. The molecular formula is C20H20N2O3. The number of allylic oxidation sites excluding steroid dienone is 5. The van der Waals surface area contributed by atoms with Gasteiger partial charge in [0, 0.05) is 5.56 Å². The third kappa shape index (κ3) is 3.94. The van der Waals surface area contributed by atoms with Crippen LogP contribution in [-0.2, 0) is 4.74 Å². The van der Waals surface area contributed by atoms with Crippen molar-refractivity contribution in [2.24, 2.45) is 16.1 Å². The van der Waals surface area contributed by atoms with E-state index in [1.807, 2.05) is 0 Å². The van der Waals surface area contributed by atoms with Crippen LogP contribution in [0.3, 0.4) is 0 Å². The molecule has 2 aliphatic rings. The minimum absolute atomic E-state index is 0.196. The Balaban J connectivity index is 1.83. The lowest BCUT2D eigenvalue weighted by Crippen LogP contribution is -2.20. The molecule has 0 atom stereocenters. The van der Waals surface area contributed by atoms with E-state index < -0.39 is 5.97 Å². The van der Waals surface area contributed by atoms with Crippen LogP contribution in [0.15, 0.2) is 69.9 Å². The fourth-order valence-corrected chi connectivity index (χ4v) is 2.62. The zero-order valence-electron chi connectivity index (χ0n) is 14.3.